The zero-order valence-corrected chi connectivity index (χ0v) is 18.0. The van der Waals surface area contributed by atoms with Crippen LogP contribution in [0.15, 0.2) is 4.99 Å². The Balaban J connectivity index is 0.00000264. The molecule has 6 heteroatoms. The third kappa shape index (κ3) is 6.98. The molecule has 0 aromatic heterocycles. The van der Waals surface area contributed by atoms with Gasteiger partial charge in [0.1, 0.15) is 0 Å². The van der Waals surface area contributed by atoms with E-state index in [1.807, 2.05) is 7.05 Å². The van der Waals surface area contributed by atoms with Crippen molar-refractivity contribution in [2.24, 2.45) is 10.9 Å². The maximum atomic E-state index is 5.55. The molecule has 0 unspecified atom stereocenters. The van der Waals surface area contributed by atoms with Gasteiger partial charge in [-0.3, -0.25) is 4.99 Å². The van der Waals surface area contributed by atoms with Gasteiger partial charge in [-0.25, -0.2) is 0 Å². The smallest absolute Gasteiger partial charge is 0.191 e. The number of nitrogens with zero attached hydrogens (tertiary/aromatic N) is 1. The van der Waals surface area contributed by atoms with E-state index in [1.54, 1.807) is 0 Å². The maximum Gasteiger partial charge on any atom is 0.191 e. The fourth-order valence-corrected chi connectivity index (χ4v) is 4.70. The average Bonchev–Trinajstić information content (AvgIpc) is 2.54. The lowest BCUT2D eigenvalue weighted by Gasteiger charge is -2.37. The summed E-state index contributed by atoms with van der Waals surface area (Å²) in [7, 11) is 1.88. The average molecular weight is 455 g/mol. The van der Waals surface area contributed by atoms with E-state index in [0.717, 1.165) is 50.2 Å². The summed E-state index contributed by atoms with van der Waals surface area (Å²) in [6.45, 7) is 7.37. The Kier molecular flexibility index (Phi) is 10.2. The van der Waals surface area contributed by atoms with Crippen LogP contribution in [0, 0.1) is 5.92 Å². The molecular formula is C17H34IN3OS. The minimum atomic E-state index is 0. The minimum absolute atomic E-state index is 0. The number of rotatable bonds is 5. The predicted octanol–water partition coefficient (Wildman–Crippen LogP) is 3.65. The molecule has 23 heavy (non-hydrogen) atoms. The van der Waals surface area contributed by atoms with Crippen LogP contribution >= 0.6 is 35.7 Å². The summed E-state index contributed by atoms with van der Waals surface area (Å²) < 4.78 is 5.86. The number of nitrogens with one attached hydrogen (secondary N) is 2. The monoisotopic (exact) mass is 455 g/mol. The second-order valence-electron chi connectivity index (χ2n) is 6.76. The van der Waals surface area contributed by atoms with Crippen LogP contribution in [0.4, 0.5) is 0 Å². The number of guanidine groups is 1. The first-order valence-electron chi connectivity index (χ1n) is 8.86. The molecule has 0 atom stereocenters. The molecule has 2 rings (SSSR count). The van der Waals surface area contributed by atoms with Crippen molar-refractivity contribution in [1.82, 2.24) is 10.6 Å². The standard InChI is InChI=1S/C17H33N3OS.HI/c1-4-22-17(9-11-21-12-10-17)13-19-16(18-3)20-15-7-5-14(2)6-8-15;/h14-15H,4-13H2,1-3H3,(H2,18,19,20);1H. The SMILES string of the molecule is CCSC1(CNC(=NC)NC2CCC(C)CC2)CCOCC1.I. The molecule has 1 saturated heterocycles. The van der Waals surface area contributed by atoms with Crippen LogP contribution in [-0.4, -0.2) is 49.3 Å². The van der Waals surface area contributed by atoms with Gasteiger partial charge in [0.25, 0.3) is 0 Å². The largest absolute Gasteiger partial charge is 0.381 e. The molecule has 0 spiro atoms. The van der Waals surface area contributed by atoms with Gasteiger partial charge in [0.2, 0.25) is 0 Å². The van der Waals surface area contributed by atoms with Crippen LogP contribution in [0.1, 0.15) is 52.4 Å². The van der Waals surface area contributed by atoms with Crippen LogP contribution < -0.4 is 10.6 Å². The Hall–Kier alpha value is 0.310. The van der Waals surface area contributed by atoms with Crippen molar-refractivity contribution in [2.75, 3.05) is 32.6 Å². The molecular weight excluding hydrogens is 421 g/mol. The van der Waals surface area contributed by atoms with Crippen molar-refractivity contribution in [2.45, 2.75) is 63.2 Å². The number of hydrogen-bond donors (Lipinski definition) is 2. The summed E-state index contributed by atoms with van der Waals surface area (Å²) >= 11 is 2.07. The van der Waals surface area contributed by atoms with Crippen molar-refractivity contribution >= 4 is 41.7 Å². The summed E-state index contributed by atoms with van der Waals surface area (Å²) in [4.78, 5) is 4.43. The van der Waals surface area contributed by atoms with Crippen molar-refractivity contribution in [1.29, 1.82) is 0 Å². The van der Waals surface area contributed by atoms with E-state index in [-0.39, 0.29) is 24.0 Å². The molecule has 2 fully saturated rings. The highest BCUT2D eigenvalue weighted by Crippen LogP contribution is 2.34. The van der Waals surface area contributed by atoms with E-state index >= 15 is 0 Å². The Morgan fingerprint density at radius 1 is 1.22 bits per heavy atom. The molecule has 2 aliphatic rings. The van der Waals surface area contributed by atoms with Gasteiger partial charge in [0.15, 0.2) is 5.96 Å². The fourth-order valence-electron chi connectivity index (χ4n) is 3.46. The predicted molar refractivity (Wildman–Crippen MR) is 112 cm³/mol. The highest BCUT2D eigenvalue weighted by atomic mass is 127. The van der Waals surface area contributed by atoms with E-state index in [1.165, 1.54) is 25.7 Å². The number of aliphatic imine (C=N–C) groups is 1. The summed E-state index contributed by atoms with van der Waals surface area (Å²) in [5.41, 5.74) is 0. The Morgan fingerprint density at radius 3 is 2.43 bits per heavy atom. The van der Waals surface area contributed by atoms with Gasteiger partial charge < -0.3 is 15.4 Å². The molecule has 1 saturated carbocycles. The third-order valence-electron chi connectivity index (χ3n) is 5.01. The lowest BCUT2D eigenvalue weighted by Crippen LogP contribution is -2.50. The number of thioether (sulfide) groups is 1. The lowest BCUT2D eigenvalue weighted by atomic mass is 9.87. The van der Waals surface area contributed by atoms with Crippen LogP contribution in [0.5, 0.6) is 0 Å². The Bertz CT molecular complexity index is 348. The normalized spacial score (nSPS) is 27.9. The minimum Gasteiger partial charge on any atom is -0.381 e. The van der Waals surface area contributed by atoms with Gasteiger partial charge in [0, 0.05) is 37.6 Å². The van der Waals surface area contributed by atoms with Crippen LogP contribution in [0.2, 0.25) is 0 Å². The van der Waals surface area contributed by atoms with Crippen LogP contribution in [0.3, 0.4) is 0 Å². The zero-order chi connectivity index (χ0) is 15.8. The lowest BCUT2D eigenvalue weighted by molar-refractivity contribution is 0.0782. The molecule has 4 nitrogen and oxygen atoms in total. The van der Waals surface area contributed by atoms with Crippen molar-refractivity contribution in [3.05, 3.63) is 0 Å². The maximum absolute atomic E-state index is 5.55. The molecule has 1 aliphatic carbocycles. The fraction of sp³-hybridized carbons (Fsp3) is 0.941. The van der Waals surface area contributed by atoms with E-state index in [4.69, 9.17) is 4.74 Å². The first-order valence-corrected chi connectivity index (χ1v) is 9.85. The molecule has 0 aromatic rings. The Morgan fingerprint density at radius 2 is 1.87 bits per heavy atom. The van der Waals surface area contributed by atoms with E-state index in [2.05, 4.69) is 41.2 Å². The van der Waals surface area contributed by atoms with Crippen molar-refractivity contribution in [3.8, 4) is 0 Å². The van der Waals surface area contributed by atoms with Gasteiger partial charge in [-0.15, -0.1) is 24.0 Å². The molecule has 1 aliphatic heterocycles. The number of hydrogen-bond acceptors (Lipinski definition) is 3. The van der Waals surface area contributed by atoms with Crippen molar-refractivity contribution in [3.63, 3.8) is 0 Å². The van der Waals surface area contributed by atoms with Gasteiger partial charge in [-0.2, -0.15) is 11.8 Å². The summed E-state index contributed by atoms with van der Waals surface area (Å²) in [5, 5.41) is 7.21. The summed E-state index contributed by atoms with van der Waals surface area (Å²) in [5.74, 6) is 3.02. The first kappa shape index (κ1) is 21.4. The molecule has 0 bridgehead atoms. The van der Waals surface area contributed by atoms with Crippen LogP contribution in [0.25, 0.3) is 0 Å². The molecule has 0 aromatic carbocycles. The quantitative estimate of drug-likeness (QED) is 0.378. The first-order chi connectivity index (χ1) is 10.7. The zero-order valence-electron chi connectivity index (χ0n) is 14.9. The second-order valence-corrected chi connectivity index (χ2v) is 8.49. The summed E-state index contributed by atoms with van der Waals surface area (Å²) in [6, 6.07) is 0.590. The van der Waals surface area contributed by atoms with E-state index in [9.17, 15) is 0 Å². The second kappa shape index (κ2) is 11.0. The third-order valence-corrected chi connectivity index (χ3v) is 6.47. The Labute approximate surface area is 163 Å². The molecule has 0 amide bonds. The molecule has 0 radical (unpaired) electrons. The van der Waals surface area contributed by atoms with Gasteiger partial charge in [0.05, 0.1) is 0 Å². The van der Waals surface area contributed by atoms with Crippen LogP contribution in [-0.2, 0) is 4.74 Å². The molecule has 2 N–H and O–H groups in total. The summed E-state index contributed by atoms with van der Waals surface area (Å²) in [6.07, 6.45) is 7.48. The highest BCUT2D eigenvalue weighted by molar-refractivity contribution is 14.0. The number of ether oxygens (including phenoxy) is 1. The number of halogens is 1. The molecule has 136 valence electrons. The van der Waals surface area contributed by atoms with Gasteiger partial charge >= 0.3 is 0 Å². The van der Waals surface area contributed by atoms with Gasteiger partial charge in [-0.1, -0.05) is 13.8 Å². The van der Waals surface area contributed by atoms with Crippen molar-refractivity contribution < 1.29 is 4.74 Å². The van der Waals surface area contributed by atoms with Gasteiger partial charge in [-0.05, 0) is 50.2 Å². The highest BCUT2D eigenvalue weighted by Gasteiger charge is 2.33. The van der Waals surface area contributed by atoms with E-state index in [0.29, 0.717) is 10.8 Å². The van der Waals surface area contributed by atoms with E-state index < -0.39 is 0 Å². The topological polar surface area (TPSA) is 45.7 Å². The molecule has 1 heterocycles.